The second kappa shape index (κ2) is 6.14. The van der Waals surface area contributed by atoms with E-state index in [9.17, 15) is 14.3 Å². The predicted octanol–water partition coefficient (Wildman–Crippen LogP) is 2.63. The summed E-state index contributed by atoms with van der Waals surface area (Å²) in [7, 11) is 0. The summed E-state index contributed by atoms with van der Waals surface area (Å²) in [6, 6.07) is 3.82. The van der Waals surface area contributed by atoms with Gasteiger partial charge >= 0.3 is 0 Å². The molecule has 3 rings (SSSR count). The van der Waals surface area contributed by atoms with Crippen molar-refractivity contribution in [3.8, 4) is 0 Å². The number of aliphatic hydroxyl groups is 1. The molecule has 1 N–H and O–H groups in total. The zero-order chi connectivity index (χ0) is 15.7. The molecule has 0 saturated carbocycles. The maximum absolute atomic E-state index is 13.1. The Hall–Kier alpha value is -1.17. The number of benzene rings is 1. The second-order valence-corrected chi connectivity index (χ2v) is 6.50. The summed E-state index contributed by atoms with van der Waals surface area (Å²) in [6.45, 7) is 1.68. The molecule has 2 aliphatic rings. The van der Waals surface area contributed by atoms with E-state index in [2.05, 4.69) is 0 Å². The number of likely N-dealkylation sites (tertiary alicyclic amines) is 1. The minimum absolute atomic E-state index is 0.134. The first-order valence-corrected chi connectivity index (χ1v) is 7.93. The lowest BCUT2D eigenvalue weighted by Crippen LogP contribution is -2.51. The van der Waals surface area contributed by atoms with Gasteiger partial charge in [-0.3, -0.25) is 4.79 Å². The van der Waals surface area contributed by atoms with Crippen LogP contribution in [-0.2, 0) is 4.74 Å². The normalized spacial score (nSPS) is 24.5. The van der Waals surface area contributed by atoms with E-state index >= 15 is 0 Å². The molecule has 1 aromatic rings. The molecule has 1 atom stereocenters. The molecule has 0 radical (unpaired) electrons. The van der Waals surface area contributed by atoms with Gasteiger partial charge in [0.15, 0.2) is 0 Å². The molecule has 120 valence electrons. The third-order valence-corrected chi connectivity index (χ3v) is 4.90. The van der Waals surface area contributed by atoms with Crippen LogP contribution in [0.1, 0.15) is 36.0 Å². The summed E-state index contributed by atoms with van der Waals surface area (Å²) in [5, 5.41) is 9.96. The fraction of sp³-hybridized carbons (Fsp3) is 0.562. The van der Waals surface area contributed by atoms with Crippen LogP contribution in [0.15, 0.2) is 18.2 Å². The number of halogens is 2. The fourth-order valence-corrected chi connectivity index (χ4v) is 3.55. The van der Waals surface area contributed by atoms with Crippen LogP contribution >= 0.6 is 11.6 Å². The number of nitrogens with zero attached hydrogens (tertiary/aromatic N) is 1. The molecule has 1 spiro atoms. The van der Waals surface area contributed by atoms with E-state index in [1.165, 1.54) is 12.1 Å². The standard InChI is InChI=1S/C16H19ClFNO3/c17-14-9-11(18)1-2-13(14)15(21)19-6-4-16(5-7-19)10-12(20)3-8-22-16/h1-2,9,12,20H,3-8,10H2. The summed E-state index contributed by atoms with van der Waals surface area (Å²) < 4.78 is 19.0. The lowest BCUT2D eigenvalue weighted by molar-refractivity contribution is -0.139. The molecule has 2 saturated heterocycles. The predicted molar refractivity (Wildman–Crippen MR) is 80.5 cm³/mol. The van der Waals surface area contributed by atoms with Crippen molar-refractivity contribution in [2.24, 2.45) is 0 Å². The minimum atomic E-state index is -0.455. The number of carbonyl (C=O) groups excluding carboxylic acids is 1. The highest BCUT2D eigenvalue weighted by molar-refractivity contribution is 6.33. The molecule has 2 heterocycles. The minimum Gasteiger partial charge on any atom is -0.393 e. The summed E-state index contributed by atoms with van der Waals surface area (Å²) in [5.41, 5.74) is 0.0183. The van der Waals surface area contributed by atoms with Crippen LogP contribution < -0.4 is 0 Å². The Balaban J connectivity index is 1.67. The highest BCUT2D eigenvalue weighted by Crippen LogP contribution is 2.35. The van der Waals surface area contributed by atoms with Crippen molar-refractivity contribution in [3.63, 3.8) is 0 Å². The average molecular weight is 328 g/mol. The molecule has 22 heavy (non-hydrogen) atoms. The van der Waals surface area contributed by atoms with Gasteiger partial charge in [0, 0.05) is 26.1 Å². The quantitative estimate of drug-likeness (QED) is 0.862. The average Bonchev–Trinajstić information content (AvgIpc) is 2.47. The van der Waals surface area contributed by atoms with Crippen LogP contribution in [0, 0.1) is 5.82 Å². The maximum Gasteiger partial charge on any atom is 0.255 e. The number of carbonyl (C=O) groups is 1. The number of ether oxygens (including phenoxy) is 1. The van der Waals surface area contributed by atoms with Crippen molar-refractivity contribution in [1.29, 1.82) is 0 Å². The molecule has 0 aromatic heterocycles. The molecule has 2 aliphatic heterocycles. The molecule has 0 aliphatic carbocycles. The van der Waals surface area contributed by atoms with Crippen LogP contribution in [0.5, 0.6) is 0 Å². The SMILES string of the molecule is O=C(c1ccc(F)cc1Cl)N1CCC2(CC1)CC(O)CCO2. The number of piperidine rings is 1. The van der Waals surface area contributed by atoms with Crippen molar-refractivity contribution < 1.29 is 19.0 Å². The fourth-order valence-electron chi connectivity index (χ4n) is 3.30. The molecule has 1 aromatic carbocycles. The molecule has 1 amide bonds. The van der Waals surface area contributed by atoms with Gasteiger partial charge in [0.05, 0.1) is 22.3 Å². The summed E-state index contributed by atoms with van der Waals surface area (Å²) in [6.07, 6.45) is 2.40. The molecule has 1 unspecified atom stereocenters. The zero-order valence-corrected chi connectivity index (χ0v) is 13.0. The lowest BCUT2D eigenvalue weighted by Gasteiger charge is -2.45. The van der Waals surface area contributed by atoms with Gasteiger partial charge in [-0.2, -0.15) is 0 Å². The Morgan fingerprint density at radius 3 is 2.77 bits per heavy atom. The first-order valence-electron chi connectivity index (χ1n) is 7.55. The molecule has 0 bridgehead atoms. The number of hydrogen-bond donors (Lipinski definition) is 1. The monoisotopic (exact) mass is 327 g/mol. The van der Waals surface area contributed by atoms with Crippen LogP contribution in [-0.4, -0.2) is 47.3 Å². The molecular weight excluding hydrogens is 309 g/mol. The molecule has 2 fully saturated rings. The maximum atomic E-state index is 13.1. The Labute approximate surface area is 133 Å². The van der Waals surface area contributed by atoms with E-state index in [0.29, 0.717) is 50.9 Å². The number of rotatable bonds is 1. The van der Waals surface area contributed by atoms with Gasteiger partial charge in [-0.1, -0.05) is 11.6 Å². The van der Waals surface area contributed by atoms with Gasteiger partial charge in [0.2, 0.25) is 0 Å². The van der Waals surface area contributed by atoms with Gasteiger partial charge in [0.1, 0.15) is 5.82 Å². The Bertz CT molecular complexity index is 573. The van der Waals surface area contributed by atoms with Crippen molar-refractivity contribution in [2.45, 2.75) is 37.4 Å². The summed E-state index contributed by atoms with van der Waals surface area (Å²) in [4.78, 5) is 14.2. The third-order valence-electron chi connectivity index (χ3n) is 4.59. The van der Waals surface area contributed by atoms with E-state index in [4.69, 9.17) is 16.3 Å². The first-order chi connectivity index (χ1) is 10.5. The molecule has 4 nitrogen and oxygen atoms in total. The number of hydrogen-bond acceptors (Lipinski definition) is 3. The van der Waals surface area contributed by atoms with E-state index < -0.39 is 5.82 Å². The van der Waals surface area contributed by atoms with E-state index in [-0.39, 0.29) is 22.6 Å². The van der Waals surface area contributed by atoms with Crippen LogP contribution in [0.3, 0.4) is 0 Å². The highest BCUT2D eigenvalue weighted by atomic mass is 35.5. The lowest BCUT2D eigenvalue weighted by atomic mass is 9.83. The Morgan fingerprint density at radius 1 is 1.41 bits per heavy atom. The number of amides is 1. The second-order valence-electron chi connectivity index (χ2n) is 6.09. The smallest absolute Gasteiger partial charge is 0.255 e. The highest BCUT2D eigenvalue weighted by Gasteiger charge is 2.41. The topological polar surface area (TPSA) is 49.8 Å². The van der Waals surface area contributed by atoms with E-state index in [1.54, 1.807) is 4.90 Å². The van der Waals surface area contributed by atoms with Crippen molar-refractivity contribution >= 4 is 17.5 Å². The first kappa shape index (κ1) is 15.7. The van der Waals surface area contributed by atoms with Gasteiger partial charge in [-0.05, 0) is 37.5 Å². The molecular formula is C16H19ClFNO3. The van der Waals surface area contributed by atoms with E-state index in [1.807, 2.05) is 0 Å². The summed E-state index contributed by atoms with van der Waals surface area (Å²) in [5.74, 6) is -0.639. The van der Waals surface area contributed by atoms with Gasteiger partial charge in [-0.15, -0.1) is 0 Å². The van der Waals surface area contributed by atoms with Crippen molar-refractivity contribution in [1.82, 2.24) is 4.90 Å². The Morgan fingerprint density at radius 2 is 2.14 bits per heavy atom. The summed E-state index contributed by atoms with van der Waals surface area (Å²) >= 11 is 5.96. The van der Waals surface area contributed by atoms with Crippen molar-refractivity contribution in [3.05, 3.63) is 34.6 Å². The van der Waals surface area contributed by atoms with Gasteiger partial charge in [0.25, 0.3) is 5.91 Å². The van der Waals surface area contributed by atoms with Crippen LogP contribution in [0.4, 0.5) is 4.39 Å². The zero-order valence-electron chi connectivity index (χ0n) is 12.2. The van der Waals surface area contributed by atoms with Crippen molar-refractivity contribution in [2.75, 3.05) is 19.7 Å². The van der Waals surface area contributed by atoms with Gasteiger partial charge < -0.3 is 14.7 Å². The largest absolute Gasteiger partial charge is 0.393 e. The third kappa shape index (κ3) is 3.12. The Kier molecular flexibility index (Phi) is 4.39. The van der Waals surface area contributed by atoms with Gasteiger partial charge in [-0.25, -0.2) is 4.39 Å². The molecule has 6 heteroatoms. The van der Waals surface area contributed by atoms with Crippen LogP contribution in [0.25, 0.3) is 0 Å². The number of aliphatic hydroxyl groups excluding tert-OH is 1. The van der Waals surface area contributed by atoms with E-state index in [0.717, 1.165) is 6.07 Å². The van der Waals surface area contributed by atoms with Crippen LogP contribution in [0.2, 0.25) is 5.02 Å².